The molecule has 4 heteroatoms. The molecule has 0 saturated heterocycles. The summed E-state index contributed by atoms with van der Waals surface area (Å²) in [6.07, 6.45) is 1.58. The number of carbonyl (C=O) groups is 1. The fourth-order valence-corrected chi connectivity index (χ4v) is 1.47. The second kappa shape index (κ2) is 4.65. The Kier molecular flexibility index (Phi) is 3.05. The molecule has 1 aromatic heterocycles. The Morgan fingerprint density at radius 2 is 2.06 bits per heavy atom. The molecule has 0 spiro atoms. The number of pyridine rings is 1. The molecule has 0 bridgehead atoms. The number of benzene rings is 1. The number of amides is 1. The Labute approximate surface area is 99.5 Å². The van der Waals surface area contributed by atoms with Gasteiger partial charge in [0.15, 0.2) is 0 Å². The third kappa shape index (κ3) is 2.42. The molecule has 0 aliphatic heterocycles. The lowest BCUT2D eigenvalue weighted by molar-refractivity contribution is 0.102. The van der Waals surface area contributed by atoms with E-state index in [2.05, 4.69) is 10.3 Å². The van der Waals surface area contributed by atoms with Gasteiger partial charge in [-0.2, -0.15) is 0 Å². The summed E-state index contributed by atoms with van der Waals surface area (Å²) in [6.45, 7) is 1.86. The number of rotatable bonds is 2. The Bertz CT molecular complexity index is 538. The fourth-order valence-electron chi connectivity index (χ4n) is 1.47. The van der Waals surface area contributed by atoms with E-state index in [9.17, 15) is 4.79 Å². The third-order valence-electron chi connectivity index (χ3n) is 2.52. The topological polar surface area (TPSA) is 68.0 Å². The van der Waals surface area contributed by atoms with Crippen LogP contribution >= 0.6 is 0 Å². The number of hydrogen-bond acceptors (Lipinski definition) is 3. The summed E-state index contributed by atoms with van der Waals surface area (Å²) in [5.74, 6) is -0.237. The van der Waals surface area contributed by atoms with E-state index in [0.717, 1.165) is 5.56 Å². The van der Waals surface area contributed by atoms with Crippen LogP contribution in [0.25, 0.3) is 0 Å². The number of nitrogens with one attached hydrogen (secondary N) is 1. The molecule has 2 rings (SSSR count). The summed E-state index contributed by atoms with van der Waals surface area (Å²) in [5.41, 5.74) is 8.38. The minimum atomic E-state index is -0.237. The van der Waals surface area contributed by atoms with Crippen LogP contribution in [0.3, 0.4) is 0 Å². The molecule has 3 N–H and O–H groups in total. The fraction of sp³-hybridized carbons (Fsp3) is 0.0769. The van der Waals surface area contributed by atoms with Crippen molar-refractivity contribution in [2.75, 3.05) is 11.1 Å². The van der Waals surface area contributed by atoms with Crippen LogP contribution < -0.4 is 11.1 Å². The maximum Gasteiger partial charge on any atom is 0.274 e. The van der Waals surface area contributed by atoms with Crippen LogP contribution in [-0.4, -0.2) is 10.9 Å². The molecule has 0 saturated carbocycles. The Morgan fingerprint density at radius 1 is 1.24 bits per heavy atom. The van der Waals surface area contributed by atoms with Crippen molar-refractivity contribution in [1.29, 1.82) is 0 Å². The first-order valence-electron chi connectivity index (χ1n) is 5.26. The highest BCUT2D eigenvalue weighted by atomic mass is 16.1. The van der Waals surface area contributed by atoms with Gasteiger partial charge in [-0.15, -0.1) is 0 Å². The first-order valence-corrected chi connectivity index (χ1v) is 5.26. The second-order valence-electron chi connectivity index (χ2n) is 3.69. The molecular weight excluding hydrogens is 214 g/mol. The molecule has 0 radical (unpaired) electrons. The summed E-state index contributed by atoms with van der Waals surface area (Å²) in [5, 5.41) is 2.79. The summed E-state index contributed by atoms with van der Waals surface area (Å²) in [7, 11) is 0. The largest absolute Gasteiger partial charge is 0.398 e. The molecule has 17 heavy (non-hydrogen) atoms. The summed E-state index contributed by atoms with van der Waals surface area (Å²) >= 11 is 0. The van der Waals surface area contributed by atoms with Gasteiger partial charge >= 0.3 is 0 Å². The lowest BCUT2D eigenvalue weighted by Crippen LogP contribution is -2.14. The Morgan fingerprint density at radius 3 is 2.76 bits per heavy atom. The van der Waals surface area contributed by atoms with E-state index in [4.69, 9.17) is 5.73 Å². The SMILES string of the molecule is Cc1c(N)cccc1NC(=O)c1ccccn1. The zero-order chi connectivity index (χ0) is 12.3. The minimum Gasteiger partial charge on any atom is -0.398 e. The van der Waals surface area contributed by atoms with Crippen molar-refractivity contribution in [3.05, 3.63) is 53.9 Å². The van der Waals surface area contributed by atoms with Gasteiger partial charge in [0.2, 0.25) is 0 Å². The van der Waals surface area contributed by atoms with E-state index >= 15 is 0 Å². The Hall–Kier alpha value is -2.36. The molecule has 0 aliphatic carbocycles. The normalized spacial score (nSPS) is 9.94. The van der Waals surface area contributed by atoms with Crippen molar-refractivity contribution in [3.63, 3.8) is 0 Å². The molecule has 1 aromatic carbocycles. The van der Waals surface area contributed by atoms with Gasteiger partial charge in [-0.25, -0.2) is 0 Å². The molecule has 0 atom stereocenters. The monoisotopic (exact) mass is 227 g/mol. The zero-order valence-corrected chi connectivity index (χ0v) is 9.47. The van der Waals surface area contributed by atoms with Crippen LogP contribution in [0.4, 0.5) is 11.4 Å². The number of anilines is 2. The number of nitrogen functional groups attached to an aromatic ring is 1. The van der Waals surface area contributed by atoms with E-state index in [1.54, 1.807) is 36.5 Å². The number of carbonyl (C=O) groups excluding carboxylic acids is 1. The van der Waals surface area contributed by atoms with Crippen molar-refractivity contribution in [2.45, 2.75) is 6.92 Å². The van der Waals surface area contributed by atoms with Crippen LogP contribution in [0, 0.1) is 6.92 Å². The average Bonchev–Trinajstić information content (AvgIpc) is 2.36. The molecule has 0 unspecified atom stereocenters. The van der Waals surface area contributed by atoms with E-state index < -0.39 is 0 Å². The first-order chi connectivity index (χ1) is 8.18. The predicted molar refractivity (Wildman–Crippen MR) is 67.8 cm³/mol. The van der Waals surface area contributed by atoms with Crippen molar-refractivity contribution < 1.29 is 4.79 Å². The van der Waals surface area contributed by atoms with E-state index in [-0.39, 0.29) is 5.91 Å². The number of nitrogens with zero attached hydrogens (tertiary/aromatic N) is 1. The quantitative estimate of drug-likeness (QED) is 0.773. The molecule has 86 valence electrons. The first kappa shape index (κ1) is 11.1. The number of nitrogens with two attached hydrogens (primary N) is 1. The highest BCUT2D eigenvalue weighted by Crippen LogP contribution is 2.20. The summed E-state index contributed by atoms with van der Waals surface area (Å²) in [6, 6.07) is 10.6. The van der Waals surface area contributed by atoms with E-state index in [1.165, 1.54) is 0 Å². The number of aromatic nitrogens is 1. The van der Waals surface area contributed by atoms with Crippen LogP contribution in [0.2, 0.25) is 0 Å². The highest BCUT2D eigenvalue weighted by molar-refractivity contribution is 6.03. The maximum atomic E-state index is 11.9. The van der Waals surface area contributed by atoms with Gasteiger partial charge in [0.25, 0.3) is 5.91 Å². The van der Waals surface area contributed by atoms with Gasteiger partial charge in [-0.3, -0.25) is 9.78 Å². The lowest BCUT2D eigenvalue weighted by Gasteiger charge is -2.09. The predicted octanol–water partition coefficient (Wildman–Crippen LogP) is 2.22. The molecule has 4 nitrogen and oxygen atoms in total. The second-order valence-corrected chi connectivity index (χ2v) is 3.69. The van der Waals surface area contributed by atoms with E-state index in [1.807, 2.05) is 13.0 Å². The molecule has 0 aliphatic rings. The third-order valence-corrected chi connectivity index (χ3v) is 2.52. The molecule has 0 fully saturated rings. The molecule has 1 heterocycles. The van der Waals surface area contributed by atoms with Crippen LogP contribution in [0.15, 0.2) is 42.6 Å². The van der Waals surface area contributed by atoms with E-state index in [0.29, 0.717) is 17.1 Å². The highest BCUT2D eigenvalue weighted by Gasteiger charge is 2.08. The van der Waals surface area contributed by atoms with Gasteiger partial charge in [0, 0.05) is 17.6 Å². The summed E-state index contributed by atoms with van der Waals surface area (Å²) < 4.78 is 0. The standard InChI is InChI=1S/C13H13N3O/c1-9-10(14)5-4-7-11(9)16-13(17)12-6-2-3-8-15-12/h2-8H,14H2,1H3,(H,16,17). The lowest BCUT2D eigenvalue weighted by atomic mass is 10.1. The van der Waals surface area contributed by atoms with Crippen molar-refractivity contribution in [2.24, 2.45) is 0 Å². The van der Waals surface area contributed by atoms with Crippen LogP contribution in [-0.2, 0) is 0 Å². The minimum absolute atomic E-state index is 0.237. The van der Waals surface area contributed by atoms with Crippen molar-refractivity contribution >= 4 is 17.3 Å². The average molecular weight is 227 g/mol. The Balaban J connectivity index is 2.22. The summed E-state index contributed by atoms with van der Waals surface area (Å²) in [4.78, 5) is 15.8. The van der Waals surface area contributed by atoms with Crippen molar-refractivity contribution in [1.82, 2.24) is 4.98 Å². The van der Waals surface area contributed by atoms with Crippen LogP contribution in [0.1, 0.15) is 16.1 Å². The van der Waals surface area contributed by atoms with Gasteiger partial charge < -0.3 is 11.1 Å². The van der Waals surface area contributed by atoms with Gasteiger partial charge in [-0.1, -0.05) is 12.1 Å². The van der Waals surface area contributed by atoms with Crippen LogP contribution in [0.5, 0.6) is 0 Å². The smallest absolute Gasteiger partial charge is 0.274 e. The zero-order valence-electron chi connectivity index (χ0n) is 9.47. The van der Waals surface area contributed by atoms with Gasteiger partial charge in [0.05, 0.1) is 0 Å². The number of hydrogen-bond donors (Lipinski definition) is 2. The van der Waals surface area contributed by atoms with Gasteiger partial charge in [0.1, 0.15) is 5.69 Å². The van der Waals surface area contributed by atoms with Crippen molar-refractivity contribution in [3.8, 4) is 0 Å². The molecule has 1 amide bonds. The molecule has 2 aromatic rings. The van der Waals surface area contributed by atoms with Gasteiger partial charge in [-0.05, 0) is 36.8 Å². The maximum absolute atomic E-state index is 11.9. The molecular formula is C13H13N3O.